The molecule has 0 saturated carbocycles. The zero-order chi connectivity index (χ0) is 18.8. The summed E-state index contributed by atoms with van der Waals surface area (Å²) >= 11 is 0. The minimum Gasteiger partial charge on any atom is -0.469 e. The molecule has 1 aliphatic heterocycles. The molecule has 1 fully saturated rings. The fraction of sp³-hybridized carbons (Fsp3) is 0.450. The molecule has 4 rings (SSSR count). The minimum absolute atomic E-state index is 0.214. The quantitative estimate of drug-likeness (QED) is 0.627. The number of methoxy groups -OCH3 is 1. The highest BCUT2D eigenvalue weighted by molar-refractivity contribution is 5.75. The lowest BCUT2D eigenvalue weighted by atomic mass is 10.2. The van der Waals surface area contributed by atoms with Crippen LogP contribution in [-0.4, -0.2) is 43.9 Å². The first-order valence-corrected chi connectivity index (χ1v) is 9.39. The van der Waals surface area contributed by atoms with E-state index in [9.17, 15) is 4.79 Å². The first-order chi connectivity index (χ1) is 13.2. The number of ether oxygens (including phenoxy) is 1. The normalized spacial score (nSPS) is 17.6. The molecule has 0 unspecified atom stereocenters. The molecule has 0 radical (unpaired) electrons. The Kier molecular flexibility index (Phi) is 4.94. The summed E-state index contributed by atoms with van der Waals surface area (Å²) < 4.78 is 8.72. The van der Waals surface area contributed by atoms with Gasteiger partial charge in [-0.1, -0.05) is 12.1 Å². The largest absolute Gasteiger partial charge is 0.469 e. The van der Waals surface area contributed by atoms with E-state index in [4.69, 9.17) is 4.98 Å². The van der Waals surface area contributed by atoms with Gasteiger partial charge in [0.1, 0.15) is 5.82 Å². The lowest BCUT2D eigenvalue weighted by molar-refractivity contribution is -0.140. The van der Waals surface area contributed by atoms with Gasteiger partial charge in [-0.3, -0.25) is 14.4 Å². The first-order valence-electron chi connectivity index (χ1n) is 9.39. The molecule has 0 amide bonds. The molecule has 0 bridgehead atoms. The summed E-state index contributed by atoms with van der Waals surface area (Å²) in [5.41, 5.74) is 3.39. The third-order valence-corrected chi connectivity index (χ3v) is 5.33. The van der Waals surface area contributed by atoms with E-state index in [1.54, 1.807) is 0 Å². The van der Waals surface area contributed by atoms with Crippen LogP contribution in [0.1, 0.15) is 36.7 Å². The van der Waals surface area contributed by atoms with Gasteiger partial charge in [-0.25, -0.2) is 4.98 Å². The van der Waals surface area contributed by atoms with Crippen LogP contribution in [0.2, 0.25) is 0 Å². The molecule has 7 heteroatoms. The summed E-state index contributed by atoms with van der Waals surface area (Å²) in [4.78, 5) is 18.7. The number of hydrogen-bond acceptors (Lipinski definition) is 5. The number of hydrogen-bond donors (Lipinski definition) is 0. The predicted octanol–water partition coefficient (Wildman–Crippen LogP) is 2.67. The van der Waals surface area contributed by atoms with Gasteiger partial charge >= 0.3 is 5.97 Å². The van der Waals surface area contributed by atoms with E-state index in [1.165, 1.54) is 19.0 Å². The Morgan fingerprint density at radius 3 is 3.00 bits per heavy atom. The second-order valence-electron chi connectivity index (χ2n) is 7.08. The Balaban J connectivity index is 1.48. The second-order valence-corrected chi connectivity index (χ2v) is 7.08. The number of fused-ring (bicyclic) bond motifs is 1. The van der Waals surface area contributed by atoms with Crippen molar-refractivity contribution in [3.63, 3.8) is 0 Å². The van der Waals surface area contributed by atoms with Gasteiger partial charge in [-0.05, 0) is 31.5 Å². The number of rotatable bonds is 6. The number of esters is 1. The van der Waals surface area contributed by atoms with Crippen molar-refractivity contribution >= 4 is 17.0 Å². The molecular formula is C20H25N5O2. The maximum Gasteiger partial charge on any atom is 0.307 e. The maximum atomic E-state index is 11.3. The van der Waals surface area contributed by atoms with E-state index in [-0.39, 0.29) is 5.97 Å². The number of nitrogens with zero attached hydrogens (tertiary/aromatic N) is 5. The first kappa shape index (κ1) is 17.7. The molecular weight excluding hydrogens is 342 g/mol. The summed E-state index contributed by atoms with van der Waals surface area (Å²) in [6.07, 6.45) is 6.54. The Bertz CT molecular complexity index is 945. The van der Waals surface area contributed by atoms with Gasteiger partial charge in [0.2, 0.25) is 0 Å². The zero-order valence-corrected chi connectivity index (χ0v) is 15.8. The standard InChI is InChI=1S/C20H25N5O2/c1-23-17-7-4-3-6-16(17)22-20(23)18-8-5-10-24(18)13-15-12-21-25(14-15)11-9-19(26)27-2/h3-4,6-7,12,14,18H,5,8-11,13H2,1-2H3/t18-/m1/s1. The van der Waals surface area contributed by atoms with E-state index in [2.05, 4.69) is 44.5 Å². The SMILES string of the molecule is COC(=O)CCn1cc(CN2CCC[C@@H]2c2nc3ccccc3n2C)cn1. The van der Waals surface area contributed by atoms with Crippen LogP contribution in [0.15, 0.2) is 36.7 Å². The molecule has 1 saturated heterocycles. The van der Waals surface area contributed by atoms with E-state index in [0.717, 1.165) is 36.4 Å². The number of carbonyl (C=O) groups excluding carboxylic acids is 1. The van der Waals surface area contributed by atoms with Crippen molar-refractivity contribution in [2.75, 3.05) is 13.7 Å². The number of imidazole rings is 1. The fourth-order valence-corrected chi connectivity index (χ4v) is 3.92. The van der Waals surface area contributed by atoms with Crippen molar-refractivity contribution in [1.82, 2.24) is 24.2 Å². The highest BCUT2D eigenvalue weighted by Gasteiger charge is 2.30. The molecule has 0 N–H and O–H groups in total. The number of para-hydroxylation sites is 2. The Morgan fingerprint density at radius 1 is 1.33 bits per heavy atom. The van der Waals surface area contributed by atoms with Crippen LogP contribution in [0.5, 0.6) is 0 Å². The van der Waals surface area contributed by atoms with Crippen molar-refractivity contribution in [3.05, 3.63) is 48.0 Å². The van der Waals surface area contributed by atoms with Crippen LogP contribution >= 0.6 is 0 Å². The lowest BCUT2D eigenvalue weighted by Crippen LogP contribution is -2.24. The molecule has 142 valence electrons. The van der Waals surface area contributed by atoms with Crippen LogP contribution < -0.4 is 0 Å². The number of aryl methyl sites for hydroxylation is 2. The highest BCUT2D eigenvalue weighted by Crippen LogP contribution is 2.33. The molecule has 1 atom stereocenters. The summed E-state index contributed by atoms with van der Waals surface area (Å²) in [5.74, 6) is 0.917. The van der Waals surface area contributed by atoms with Crippen molar-refractivity contribution < 1.29 is 9.53 Å². The van der Waals surface area contributed by atoms with Gasteiger partial charge in [-0.15, -0.1) is 0 Å². The molecule has 2 aromatic heterocycles. The predicted molar refractivity (Wildman–Crippen MR) is 102 cm³/mol. The molecule has 0 spiro atoms. The number of aromatic nitrogens is 4. The molecule has 3 heterocycles. The van der Waals surface area contributed by atoms with E-state index < -0.39 is 0 Å². The van der Waals surface area contributed by atoms with Crippen molar-refractivity contribution in [2.45, 2.75) is 38.4 Å². The van der Waals surface area contributed by atoms with Gasteiger partial charge in [0.15, 0.2) is 0 Å². The lowest BCUT2D eigenvalue weighted by Gasteiger charge is -2.23. The second kappa shape index (κ2) is 7.52. The zero-order valence-electron chi connectivity index (χ0n) is 15.8. The van der Waals surface area contributed by atoms with Crippen LogP contribution in [0.3, 0.4) is 0 Å². The third kappa shape index (κ3) is 3.60. The van der Waals surface area contributed by atoms with E-state index >= 15 is 0 Å². The van der Waals surface area contributed by atoms with Gasteiger partial charge in [0, 0.05) is 25.4 Å². The molecule has 7 nitrogen and oxygen atoms in total. The highest BCUT2D eigenvalue weighted by atomic mass is 16.5. The van der Waals surface area contributed by atoms with Gasteiger partial charge < -0.3 is 9.30 Å². The van der Waals surface area contributed by atoms with Crippen molar-refractivity contribution in [3.8, 4) is 0 Å². The summed E-state index contributed by atoms with van der Waals surface area (Å²) in [6.45, 7) is 2.44. The van der Waals surface area contributed by atoms with Gasteiger partial charge in [-0.2, -0.15) is 5.10 Å². The average Bonchev–Trinajstić information content (AvgIpc) is 3.40. The topological polar surface area (TPSA) is 65.2 Å². The third-order valence-electron chi connectivity index (χ3n) is 5.33. The summed E-state index contributed by atoms with van der Waals surface area (Å²) in [6, 6.07) is 8.61. The van der Waals surface area contributed by atoms with Crippen molar-refractivity contribution in [2.24, 2.45) is 7.05 Å². The van der Waals surface area contributed by atoms with Crippen LogP contribution in [0.25, 0.3) is 11.0 Å². The van der Waals surface area contributed by atoms with E-state index in [1.807, 2.05) is 23.1 Å². The number of likely N-dealkylation sites (tertiary alicyclic amines) is 1. The van der Waals surface area contributed by atoms with Crippen LogP contribution in [-0.2, 0) is 29.7 Å². The Hall–Kier alpha value is -2.67. The van der Waals surface area contributed by atoms with Crippen LogP contribution in [0.4, 0.5) is 0 Å². The smallest absolute Gasteiger partial charge is 0.307 e. The fourth-order valence-electron chi connectivity index (χ4n) is 3.92. The van der Waals surface area contributed by atoms with Gasteiger partial charge in [0.05, 0.1) is 43.3 Å². The van der Waals surface area contributed by atoms with E-state index in [0.29, 0.717) is 19.0 Å². The average molecular weight is 367 g/mol. The number of benzene rings is 1. The Labute approximate surface area is 158 Å². The Morgan fingerprint density at radius 2 is 2.19 bits per heavy atom. The molecule has 3 aromatic rings. The maximum absolute atomic E-state index is 11.3. The van der Waals surface area contributed by atoms with Gasteiger partial charge in [0.25, 0.3) is 0 Å². The molecule has 27 heavy (non-hydrogen) atoms. The van der Waals surface area contributed by atoms with Crippen LogP contribution in [0, 0.1) is 0 Å². The number of carbonyl (C=O) groups is 1. The minimum atomic E-state index is -0.214. The summed E-state index contributed by atoms with van der Waals surface area (Å²) in [5, 5.41) is 4.38. The summed E-state index contributed by atoms with van der Waals surface area (Å²) in [7, 11) is 3.51. The monoisotopic (exact) mass is 367 g/mol. The molecule has 1 aromatic carbocycles. The molecule has 1 aliphatic rings. The van der Waals surface area contributed by atoms with Crippen molar-refractivity contribution in [1.29, 1.82) is 0 Å². The molecule has 0 aliphatic carbocycles.